The maximum atomic E-state index is 14.0. The van der Waals surface area contributed by atoms with E-state index in [0.717, 1.165) is 15.8 Å². The second kappa shape index (κ2) is 5.44. The van der Waals surface area contributed by atoms with Gasteiger partial charge in [0, 0.05) is 16.0 Å². The number of benzene rings is 2. The maximum Gasteiger partial charge on any atom is 0.147 e. The van der Waals surface area contributed by atoms with Crippen LogP contribution in [-0.4, -0.2) is 6.61 Å². The highest BCUT2D eigenvalue weighted by Gasteiger charge is 2.28. The molecule has 0 spiro atoms. The minimum Gasteiger partial charge on any atom is -0.493 e. The molecular weight excluding hydrogens is 321 g/mol. The van der Waals surface area contributed by atoms with Crippen molar-refractivity contribution in [1.82, 2.24) is 0 Å². The Balaban J connectivity index is 1.98. The molecule has 0 amide bonds. The van der Waals surface area contributed by atoms with Crippen LogP contribution in [-0.2, 0) is 0 Å². The Labute approximate surface area is 126 Å². The molecular formula is C16H15BrFNO. The average molecular weight is 336 g/mol. The summed E-state index contributed by atoms with van der Waals surface area (Å²) in [6.45, 7) is 2.73. The molecule has 2 atom stereocenters. The third-order valence-corrected chi connectivity index (χ3v) is 4.25. The molecule has 0 aromatic heterocycles. The molecule has 20 heavy (non-hydrogen) atoms. The number of fused-ring (bicyclic) bond motifs is 1. The molecule has 2 aromatic carbocycles. The molecule has 4 heteroatoms. The normalized spacial score (nSPS) is 20.9. The predicted octanol–water partition coefficient (Wildman–Crippen LogP) is 4.77. The summed E-state index contributed by atoms with van der Waals surface area (Å²) in [5.74, 6) is 0.877. The molecule has 0 bridgehead atoms. The van der Waals surface area contributed by atoms with Gasteiger partial charge in [0.2, 0.25) is 0 Å². The maximum absolute atomic E-state index is 14.0. The van der Waals surface area contributed by atoms with Crippen molar-refractivity contribution in [3.8, 4) is 5.75 Å². The fourth-order valence-electron chi connectivity index (χ4n) is 2.50. The van der Waals surface area contributed by atoms with Gasteiger partial charge in [-0.3, -0.25) is 0 Å². The van der Waals surface area contributed by atoms with E-state index in [1.165, 1.54) is 6.07 Å². The van der Waals surface area contributed by atoms with Gasteiger partial charge in [-0.25, -0.2) is 4.39 Å². The SMILES string of the molecule is CC1COc2ccccc2C1Nc1c(F)cccc1Br. The summed E-state index contributed by atoms with van der Waals surface area (Å²) in [6, 6.07) is 12.9. The van der Waals surface area contributed by atoms with Gasteiger partial charge in [0.1, 0.15) is 11.6 Å². The standard InChI is InChI=1S/C16H15BrFNO/c1-10-9-20-14-8-3-2-5-11(14)15(10)19-16-12(17)6-4-7-13(16)18/h2-8,10,15,19H,9H2,1H3. The molecule has 0 saturated heterocycles. The van der Waals surface area contributed by atoms with Crippen LogP contribution in [0.15, 0.2) is 46.9 Å². The van der Waals surface area contributed by atoms with Crippen LogP contribution in [0, 0.1) is 11.7 Å². The van der Waals surface area contributed by atoms with Crippen molar-refractivity contribution in [2.24, 2.45) is 5.92 Å². The van der Waals surface area contributed by atoms with Crippen LogP contribution in [0.1, 0.15) is 18.5 Å². The number of para-hydroxylation sites is 2. The van der Waals surface area contributed by atoms with Crippen molar-refractivity contribution in [1.29, 1.82) is 0 Å². The van der Waals surface area contributed by atoms with Crippen molar-refractivity contribution >= 4 is 21.6 Å². The van der Waals surface area contributed by atoms with Crippen LogP contribution in [0.4, 0.5) is 10.1 Å². The minimum absolute atomic E-state index is 0.0353. The predicted molar refractivity (Wildman–Crippen MR) is 81.6 cm³/mol. The number of anilines is 1. The number of rotatable bonds is 2. The topological polar surface area (TPSA) is 21.3 Å². The van der Waals surface area contributed by atoms with E-state index >= 15 is 0 Å². The lowest BCUT2D eigenvalue weighted by Gasteiger charge is -2.33. The van der Waals surface area contributed by atoms with Gasteiger partial charge in [-0.05, 0) is 34.1 Å². The Morgan fingerprint density at radius 3 is 2.80 bits per heavy atom. The summed E-state index contributed by atoms with van der Waals surface area (Å²) in [4.78, 5) is 0. The van der Waals surface area contributed by atoms with Crippen LogP contribution in [0.25, 0.3) is 0 Å². The third-order valence-electron chi connectivity index (χ3n) is 3.59. The zero-order chi connectivity index (χ0) is 14.1. The lowest BCUT2D eigenvalue weighted by Crippen LogP contribution is -2.29. The highest BCUT2D eigenvalue weighted by Crippen LogP contribution is 2.39. The Hall–Kier alpha value is -1.55. The fourth-order valence-corrected chi connectivity index (χ4v) is 2.96. The van der Waals surface area contributed by atoms with Crippen LogP contribution in [0.3, 0.4) is 0 Å². The lowest BCUT2D eigenvalue weighted by atomic mass is 9.92. The summed E-state index contributed by atoms with van der Waals surface area (Å²) < 4.78 is 20.4. The second-order valence-electron chi connectivity index (χ2n) is 5.04. The molecule has 0 aliphatic carbocycles. The largest absolute Gasteiger partial charge is 0.493 e. The first-order valence-corrected chi connectivity index (χ1v) is 7.38. The molecule has 0 radical (unpaired) electrons. The Morgan fingerprint density at radius 1 is 1.20 bits per heavy atom. The summed E-state index contributed by atoms with van der Waals surface area (Å²) in [5.41, 5.74) is 1.57. The molecule has 0 fully saturated rings. The number of hydrogen-bond donors (Lipinski definition) is 1. The van der Waals surface area contributed by atoms with Crippen molar-refractivity contribution in [2.45, 2.75) is 13.0 Å². The van der Waals surface area contributed by atoms with Crippen LogP contribution in [0.5, 0.6) is 5.75 Å². The van der Waals surface area contributed by atoms with Crippen LogP contribution >= 0.6 is 15.9 Å². The first-order chi connectivity index (χ1) is 9.66. The van der Waals surface area contributed by atoms with E-state index in [-0.39, 0.29) is 17.8 Å². The smallest absolute Gasteiger partial charge is 0.147 e. The number of halogens is 2. The molecule has 2 unspecified atom stereocenters. The zero-order valence-electron chi connectivity index (χ0n) is 11.1. The van der Waals surface area contributed by atoms with Crippen LogP contribution < -0.4 is 10.1 Å². The lowest BCUT2D eigenvalue weighted by molar-refractivity contribution is 0.214. The molecule has 2 aromatic rings. The van der Waals surface area contributed by atoms with Gasteiger partial charge in [0.25, 0.3) is 0 Å². The molecule has 3 rings (SSSR count). The quantitative estimate of drug-likeness (QED) is 0.853. The van der Waals surface area contributed by atoms with Crippen molar-refractivity contribution in [3.05, 3.63) is 58.3 Å². The van der Waals surface area contributed by atoms with Gasteiger partial charge in [0.05, 0.1) is 18.3 Å². The van der Waals surface area contributed by atoms with Gasteiger partial charge >= 0.3 is 0 Å². The Kier molecular flexibility index (Phi) is 3.66. The highest BCUT2D eigenvalue weighted by atomic mass is 79.9. The number of nitrogens with one attached hydrogen (secondary N) is 1. The summed E-state index contributed by atoms with van der Waals surface area (Å²) >= 11 is 3.40. The molecule has 104 valence electrons. The average Bonchev–Trinajstić information content (AvgIpc) is 2.45. The molecule has 1 N–H and O–H groups in total. The van der Waals surface area contributed by atoms with E-state index in [2.05, 4.69) is 28.2 Å². The van der Waals surface area contributed by atoms with Crippen molar-refractivity contribution in [2.75, 3.05) is 11.9 Å². The van der Waals surface area contributed by atoms with Gasteiger partial charge in [-0.15, -0.1) is 0 Å². The van der Waals surface area contributed by atoms with E-state index in [9.17, 15) is 4.39 Å². The molecule has 0 saturated carbocycles. The van der Waals surface area contributed by atoms with Gasteiger partial charge in [-0.2, -0.15) is 0 Å². The monoisotopic (exact) mass is 335 g/mol. The van der Waals surface area contributed by atoms with Crippen molar-refractivity contribution < 1.29 is 9.13 Å². The first kappa shape index (κ1) is 13.4. The molecule has 2 nitrogen and oxygen atoms in total. The van der Waals surface area contributed by atoms with E-state index in [4.69, 9.17) is 4.74 Å². The minimum atomic E-state index is -0.254. The molecule has 1 aliphatic rings. The number of ether oxygens (including phenoxy) is 1. The van der Waals surface area contributed by atoms with Gasteiger partial charge in [0.15, 0.2) is 0 Å². The van der Waals surface area contributed by atoms with E-state index in [1.54, 1.807) is 6.07 Å². The van der Waals surface area contributed by atoms with Gasteiger partial charge in [-0.1, -0.05) is 31.2 Å². The van der Waals surface area contributed by atoms with Gasteiger partial charge < -0.3 is 10.1 Å². The Bertz CT molecular complexity index is 611. The Morgan fingerprint density at radius 2 is 2.00 bits per heavy atom. The fraction of sp³-hybridized carbons (Fsp3) is 0.250. The zero-order valence-corrected chi connectivity index (χ0v) is 12.7. The summed E-state index contributed by atoms with van der Waals surface area (Å²) in [7, 11) is 0. The highest BCUT2D eigenvalue weighted by molar-refractivity contribution is 9.10. The summed E-state index contributed by atoms with van der Waals surface area (Å²) in [6.07, 6.45) is 0. The van der Waals surface area contributed by atoms with Crippen molar-refractivity contribution in [3.63, 3.8) is 0 Å². The molecule has 1 aliphatic heterocycles. The van der Waals surface area contributed by atoms with E-state index < -0.39 is 0 Å². The second-order valence-corrected chi connectivity index (χ2v) is 5.90. The van der Waals surface area contributed by atoms with Crippen LogP contribution in [0.2, 0.25) is 0 Å². The first-order valence-electron chi connectivity index (χ1n) is 6.59. The molecule has 1 heterocycles. The van der Waals surface area contributed by atoms with E-state index in [1.807, 2.05) is 30.3 Å². The summed E-state index contributed by atoms with van der Waals surface area (Å²) in [5, 5.41) is 3.32. The van der Waals surface area contributed by atoms with E-state index in [0.29, 0.717) is 12.3 Å². The third kappa shape index (κ3) is 2.40. The number of hydrogen-bond acceptors (Lipinski definition) is 2.